The van der Waals surface area contributed by atoms with Gasteiger partial charge in [-0.15, -0.1) is 0 Å². The fourth-order valence-corrected chi connectivity index (χ4v) is 9.14. The van der Waals surface area contributed by atoms with Crippen LogP contribution in [0.15, 0.2) is 24.3 Å². The second-order valence-electron chi connectivity index (χ2n) is 20.1. The first-order valence-corrected chi connectivity index (χ1v) is 29.1. The Morgan fingerprint density at radius 2 is 0.785 bits per heavy atom. The van der Waals surface area contributed by atoms with Crippen LogP contribution in [0.1, 0.15) is 316 Å². The summed E-state index contributed by atoms with van der Waals surface area (Å²) in [6.45, 7) is 6.50. The largest absolute Gasteiger partial charge is 0.462 e. The van der Waals surface area contributed by atoms with Crippen LogP contribution in [0.3, 0.4) is 0 Å². The number of carbonyl (C=O) groups excluding carboxylic acids is 2. The van der Waals surface area contributed by atoms with Crippen molar-refractivity contribution in [2.45, 2.75) is 334 Å². The Kier molecular flexibility index (Phi) is 51.9. The Hall–Kier alpha value is -1.66. The number of aliphatic hydroxyl groups excluding tert-OH is 2. The number of amides is 1. The number of rotatable bonds is 53. The number of esters is 1. The maximum atomic E-state index is 13.2. The van der Waals surface area contributed by atoms with Crippen LogP contribution >= 0.6 is 0 Å². The van der Waals surface area contributed by atoms with Crippen molar-refractivity contribution in [1.82, 2.24) is 5.32 Å². The summed E-state index contributed by atoms with van der Waals surface area (Å²) in [7, 11) is 0. The van der Waals surface area contributed by atoms with Crippen LogP contribution in [0.25, 0.3) is 0 Å². The smallest absolute Gasteiger partial charge is 0.306 e. The van der Waals surface area contributed by atoms with Gasteiger partial charge in [-0.25, -0.2) is 0 Å². The highest BCUT2D eigenvalue weighted by atomic mass is 16.5. The molecule has 0 aromatic heterocycles. The Morgan fingerprint density at radius 1 is 0.446 bits per heavy atom. The summed E-state index contributed by atoms with van der Waals surface area (Å²) in [5, 5.41) is 23.8. The van der Waals surface area contributed by atoms with E-state index >= 15 is 0 Å². The Labute approximate surface area is 405 Å². The molecule has 3 atom stereocenters. The zero-order chi connectivity index (χ0) is 47.4. The zero-order valence-electron chi connectivity index (χ0n) is 43.9. The predicted octanol–water partition coefficient (Wildman–Crippen LogP) is 17.9. The van der Waals surface area contributed by atoms with Crippen molar-refractivity contribution in [3.63, 3.8) is 0 Å². The molecule has 0 saturated carbocycles. The van der Waals surface area contributed by atoms with E-state index in [0.29, 0.717) is 19.3 Å². The molecule has 1 amide bonds. The van der Waals surface area contributed by atoms with E-state index < -0.39 is 18.2 Å². The standard InChI is InChI=1S/C59H113NO5/c1-4-7-10-13-16-19-22-25-27-28-29-30-31-34-37-40-43-46-49-52-59(64)65-55(50-47-44-41-38-35-33-26-23-20-17-14-11-8-5-2)53-58(63)60-56(54-61)57(62)51-48-45-42-39-36-32-24-21-18-15-12-9-6-3/h33,35,38,41,55-57,61-62H,4-32,34,36-37,39-40,42-54H2,1-3H3,(H,60,63)/b35-33+,41-38+. The van der Waals surface area contributed by atoms with Crippen molar-refractivity contribution in [3.8, 4) is 0 Å². The van der Waals surface area contributed by atoms with Crippen molar-refractivity contribution in [2.75, 3.05) is 6.61 Å². The quantitative estimate of drug-likeness (QED) is 0.0321. The van der Waals surface area contributed by atoms with Gasteiger partial charge in [0, 0.05) is 6.42 Å². The van der Waals surface area contributed by atoms with Gasteiger partial charge >= 0.3 is 5.97 Å². The van der Waals surface area contributed by atoms with E-state index in [2.05, 4.69) is 50.4 Å². The fourth-order valence-electron chi connectivity index (χ4n) is 9.14. The topological polar surface area (TPSA) is 95.9 Å². The molecule has 0 bridgehead atoms. The molecule has 0 fully saturated rings. The summed E-state index contributed by atoms with van der Waals surface area (Å²) in [6.07, 6.45) is 62.5. The molecule has 0 aromatic rings. The zero-order valence-corrected chi connectivity index (χ0v) is 43.9. The van der Waals surface area contributed by atoms with E-state index in [9.17, 15) is 19.8 Å². The number of carbonyl (C=O) groups is 2. The molecule has 6 nitrogen and oxygen atoms in total. The molecule has 0 aromatic carbocycles. The van der Waals surface area contributed by atoms with E-state index in [1.54, 1.807) is 0 Å². The first-order chi connectivity index (χ1) is 32.0. The SMILES string of the molecule is CCCCCCCCC/C=C/C=C/CCCC(CC(=O)NC(CO)C(O)CCCCCCCCCCCCCCC)OC(=O)CCCCCCCCCCCCCCCCCCCCC. The lowest BCUT2D eigenvalue weighted by Gasteiger charge is -2.24. The molecule has 0 aliphatic rings. The Bertz CT molecular complexity index is 1030. The molecule has 65 heavy (non-hydrogen) atoms. The minimum atomic E-state index is -0.795. The number of hydrogen-bond donors (Lipinski definition) is 3. The number of aliphatic hydroxyl groups is 2. The first kappa shape index (κ1) is 63.3. The summed E-state index contributed by atoms with van der Waals surface area (Å²) < 4.78 is 5.94. The molecule has 6 heteroatoms. The van der Waals surface area contributed by atoms with Gasteiger partial charge in [0.05, 0.1) is 25.2 Å². The molecule has 0 rings (SSSR count). The number of unbranched alkanes of at least 4 members (excludes halogenated alkanes) is 38. The summed E-state index contributed by atoms with van der Waals surface area (Å²) in [6, 6.07) is -0.712. The second-order valence-corrected chi connectivity index (χ2v) is 20.1. The number of nitrogens with one attached hydrogen (secondary N) is 1. The van der Waals surface area contributed by atoms with Gasteiger partial charge in [-0.2, -0.15) is 0 Å². The summed E-state index contributed by atoms with van der Waals surface area (Å²) >= 11 is 0. The van der Waals surface area contributed by atoms with E-state index in [1.807, 2.05) is 0 Å². The third kappa shape index (κ3) is 48.6. The number of allylic oxidation sites excluding steroid dienone is 4. The van der Waals surface area contributed by atoms with Gasteiger partial charge in [0.1, 0.15) is 6.10 Å². The summed E-state index contributed by atoms with van der Waals surface area (Å²) in [5.41, 5.74) is 0. The van der Waals surface area contributed by atoms with E-state index in [1.165, 1.54) is 212 Å². The molecule has 384 valence electrons. The molecule has 0 heterocycles. The molecular formula is C59H113NO5. The first-order valence-electron chi connectivity index (χ1n) is 29.1. The normalized spacial score (nSPS) is 13.2. The van der Waals surface area contributed by atoms with Crippen LogP contribution < -0.4 is 5.32 Å². The molecule has 3 N–H and O–H groups in total. The van der Waals surface area contributed by atoms with Gasteiger partial charge in [-0.3, -0.25) is 9.59 Å². The maximum absolute atomic E-state index is 13.2. The van der Waals surface area contributed by atoms with Crippen LogP contribution in [0.4, 0.5) is 0 Å². The van der Waals surface area contributed by atoms with Crippen molar-refractivity contribution in [2.24, 2.45) is 0 Å². The molecule has 3 unspecified atom stereocenters. The summed E-state index contributed by atoms with van der Waals surface area (Å²) in [4.78, 5) is 26.2. The van der Waals surface area contributed by atoms with Gasteiger partial charge in [0.15, 0.2) is 0 Å². The van der Waals surface area contributed by atoms with Gasteiger partial charge < -0.3 is 20.3 Å². The second kappa shape index (κ2) is 53.3. The minimum absolute atomic E-state index is 0.0506. The lowest BCUT2D eigenvalue weighted by Crippen LogP contribution is -2.46. The Balaban J connectivity index is 4.53. The van der Waals surface area contributed by atoms with Crippen molar-refractivity contribution < 1.29 is 24.5 Å². The third-order valence-corrected chi connectivity index (χ3v) is 13.6. The van der Waals surface area contributed by atoms with Gasteiger partial charge in [0.25, 0.3) is 0 Å². The average molecular weight is 917 g/mol. The highest BCUT2D eigenvalue weighted by Gasteiger charge is 2.24. The van der Waals surface area contributed by atoms with Crippen LogP contribution in [-0.4, -0.2) is 46.9 Å². The predicted molar refractivity (Wildman–Crippen MR) is 283 cm³/mol. The van der Waals surface area contributed by atoms with Crippen molar-refractivity contribution >= 4 is 11.9 Å². The van der Waals surface area contributed by atoms with E-state index in [-0.39, 0.29) is 24.9 Å². The molecular weight excluding hydrogens is 803 g/mol. The molecule has 0 aliphatic carbocycles. The lowest BCUT2D eigenvalue weighted by molar-refractivity contribution is -0.151. The Morgan fingerprint density at radius 3 is 1.17 bits per heavy atom. The minimum Gasteiger partial charge on any atom is -0.462 e. The van der Waals surface area contributed by atoms with Gasteiger partial charge in [-0.1, -0.05) is 283 Å². The summed E-state index contributed by atoms with van der Waals surface area (Å²) in [5.74, 6) is -0.502. The van der Waals surface area contributed by atoms with E-state index in [0.717, 1.165) is 57.8 Å². The number of hydrogen-bond acceptors (Lipinski definition) is 5. The highest BCUT2D eigenvalue weighted by Crippen LogP contribution is 2.18. The van der Waals surface area contributed by atoms with Crippen molar-refractivity contribution in [1.29, 1.82) is 0 Å². The maximum Gasteiger partial charge on any atom is 0.306 e. The van der Waals surface area contributed by atoms with Crippen molar-refractivity contribution in [3.05, 3.63) is 24.3 Å². The van der Waals surface area contributed by atoms with Gasteiger partial charge in [-0.05, 0) is 44.9 Å². The molecule has 0 aliphatic heterocycles. The monoisotopic (exact) mass is 916 g/mol. The lowest BCUT2D eigenvalue weighted by atomic mass is 10.0. The van der Waals surface area contributed by atoms with Gasteiger partial charge in [0.2, 0.25) is 5.91 Å². The third-order valence-electron chi connectivity index (χ3n) is 13.6. The van der Waals surface area contributed by atoms with E-state index in [4.69, 9.17) is 4.74 Å². The highest BCUT2D eigenvalue weighted by molar-refractivity contribution is 5.77. The molecule has 0 spiro atoms. The van der Waals surface area contributed by atoms with Crippen LogP contribution in [-0.2, 0) is 14.3 Å². The van der Waals surface area contributed by atoms with Crippen LogP contribution in [0, 0.1) is 0 Å². The van der Waals surface area contributed by atoms with Crippen LogP contribution in [0.2, 0.25) is 0 Å². The van der Waals surface area contributed by atoms with Crippen LogP contribution in [0.5, 0.6) is 0 Å². The fraction of sp³-hybridized carbons (Fsp3) is 0.898. The average Bonchev–Trinajstić information content (AvgIpc) is 3.30. The molecule has 0 radical (unpaired) electrons. The number of ether oxygens (including phenoxy) is 1. The molecule has 0 saturated heterocycles.